The van der Waals surface area contributed by atoms with Crippen molar-refractivity contribution in [3.8, 4) is 11.5 Å². The molecule has 82 valence electrons. The second-order valence-electron chi connectivity index (χ2n) is 3.13. The number of hydrogen-bond donors (Lipinski definition) is 0. The van der Waals surface area contributed by atoms with E-state index in [2.05, 4.69) is 15.9 Å². The van der Waals surface area contributed by atoms with Crippen molar-refractivity contribution < 1.29 is 9.13 Å². The molecule has 0 N–H and O–H groups in total. The lowest BCUT2D eigenvalue weighted by Gasteiger charge is -2.06. The molecule has 0 aliphatic heterocycles. The fourth-order valence-electron chi connectivity index (χ4n) is 1.18. The van der Waals surface area contributed by atoms with Crippen molar-refractivity contribution in [2.24, 2.45) is 0 Å². The summed E-state index contributed by atoms with van der Waals surface area (Å²) in [5, 5.41) is 0.0506. The average Bonchev–Trinajstić information content (AvgIpc) is 2.27. The van der Waals surface area contributed by atoms with E-state index in [-0.39, 0.29) is 5.02 Å². The molecule has 0 saturated heterocycles. The first-order chi connectivity index (χ1) is 7.65. The molecular weight excluding hydrogens is 294 g/mol. The minimum atomic E-state index is -0.454. The van der Waals surface area contributed by atoms with Crippen LogP contribution in [0.4, 0.5) is 4.39 Å². The second kappa shape index (κ2) is 4.85. The van der Waals surface area contributed by atoms with Gasteiger partial charge in [-0.05, 0) is 36.4 Å². The van der Waals surface area contributed by atoms with Crippen molar-refractivity contribution >= 4 is 27.5 Å². The Morgan fingerprint density at radius 2 is 1.62 bits per heavy atom. The van der Waals surface area contributed by atoms with Gasteiger partial charge < -0.3 is 4.74 Å². The van der Waals surface area contributed by atoms with Crippen LogP contribution in [0, 0.1) is 5.82 Å². The Morgan fingerprint density at radius 1 is 1.00 bits per heavy atom. The summed E-state index contributed by atoms with van der Waals surface area (Å²) in [7, 11) is 0. The molecule has 0 aliphatic rings. The molecule has 0 bridgehead atoms. The Balaban J connectivity index is 2.20. The Bertz CT molecular complexity index is 499. The summed E-state index contributed by atoms with van der Waals surface area (Å²) in [6, 6.07) is 11.6. The molecule has 0 amide bonds. The van der Waals surface area contributed by atoms with Gasteiger partial charge in [0, 0.05) is 10.5 Å². The molecule has 0 atom stereocenters. The highest BCUT2D eigenvalue weighted by atomic mass is 79.9. The van der Waals surface area contributed by atoms with Crippen LogP contribution in [-0.2, 0) is 0 Å². The van der Waals surface area contributed by atoms with Crippen LogP contribution in [0.3, 0.4) is 0 Å². The molecule has 0 unspecified atom stereocenters. The summed E-state index contributed by atoms with van der Waals surface area (Å²) in [5.74, 6) is 0.726. The predicted octanol–water partition coefficient (Wildman–Crippen LogP) is 5.03. The molecular formula is C12H7BrClFO. The van der Waals surface area contributed by atoms with Crippen LogP contribution >= 0.6 is 27.5 Å². The van der Waals surface area contributed by atoms with E-state index in [1.807, 2.05) is 12.1 Å². The van der Waals surface area contributed by atoms with Crippen LogP contribution < -0.4 is 4.74 Å². The molecule has 0 saturated carbocycles. The molecule has 16 heavy (non-hydrogen) atoms. The van der Waals surface area contributed by atoms with Gasteiger partial charge in [-0.25, -0.2) is 4.39 Å². The molecule has 0 spiro atoms. The van der Waals surface area contributed by atoms with Gasteiger partial charge in [-0.1, -0.05) is 27.5 Å². The van der Waals surface area contributed by atoms with Gasteiger partial charge in [0.2, 0.25) is 0 Å². The molecule has 2 aromatic carbocycles. The number of halogens is 3. The molecule has 0 heterocycles. The van der Waals surface area contributed by atoms with Crippen LogP contribution in [0.5, 0.6) is 11.5 Å². The minimum absolute atomic E-state index is 0.0506. The molecule has 0 fully saturated rings. The summed E-state index contributed by atoms with van der Waals surface area (Å²) in [5.41, 5.74) is 0. The zero-order chi connectivity index (χ0) is 11.5. The fraction of sp³-hybridized carbons (Fsp3) is 0. The third-order valence-corrected chi connectivity index (χ3v) is 2.76. The van der Waals surface area contributed by atoms with Crippen molar-refractivity contribution in [1.82, 2.24) is 0 Å². The lowest BCUT2D eigenvalue weighted by atomic mass is 10.3. The first kappa shape index (κ1) is 11.4. The van der Waals surface area contributed by atoms with E-state index in [4.69, 9.17) is 16.3 Å². The first-order valence-electron chi connectivity index (χ1n) is 4.53. The second-order valence-corrected chi connectivity index (χ2v) is 4.45. The van der Waals surface area contributed by atoms with Crippen molar-refractivity contribution in [3.05, 3.63) is 57.8 Å². The van der Waals surface area contributed by atoms with Crippen molar-refractivity contribution in [3.63, 3.8) is 0 Å². The average molecular weight is 302 g/mol. The minimum Gasteiger partial charge on any atom is -0.457 e. The van der Waals surface area contributed by atoms with E-state index in [9.17, 15) is 4.39 Å². The van der Waals surface area contributed by atoms with E-state index >= 15 is 0 Å². The SMILES string of the molecule is Fc1ccc(Oc2ccc(Br)cc2)cc1Cl. The summed E-state index contributed by atoms with van der Waals surface area (Å²) in [4.78, 5) is 0. The standard InChI is InChI=1S/C12H7BrClFO/c13-8-1-3-9(4-2-8)16-10-5-6-12(15)11(14)7-10/h1-7H. The zero-order valence-electron chi connectivity index (χ0n) is 8.08. The number of rotatable bonds is 2. The first-order valence-corrected chi connectivity index (χ1v) is 5.71. The summed E-state index contributed by atoms with van der Waals surface area (Å²) in [6.07, 6.45) is 0. The van der Waals surface area contributed by atoms with E-state index in [1.54, 1.807) is 12.1 Å². The van der Waals surface area contributed by atoms with E-state index in [0.29, 0.717) is 11.5 Å². The van der Waals surface area contributed by atoms with Gasteiger partial charge in [-0.2, -0.15) is 0 Å². The van der Waals surface area contributed by atoms with Crippen molar-refractivity contribution in [1.29, 1.82) is 0 Å². The molecule has 2 rings (SSSR count). The van der Waals surface area contributed by atoms with Crippen molar-refractivity contribution in [2.75, 3.05) is 0 Å². The lowest BCUT2D eigenvalue weighted by Crippen LogP contribution is -1.85. The summed E-state index contributed by atoms with van der Waals surface area (Å²) < 4.78 is 19.4. The molecule has 0 aromatic heterocycles. The summed E-state index contributed by atoms with van der Waals surface area (Å²) >= 11 is 8.97. The van der Waals surface area contributed by atoms with Crippen LogP contribution in [0.25, 0.3) is 0 Å². The highest BCUT2D eigenvalue weighted by molar-refractivity contribution is 9.10. The van der Waals surface area contributed by atoms with Crippen LogP contribution in [0.2, 0.25) is 5.02 Å². The van der Waals surface area contributed by atoms with E-state index < -0.39 is 5.82 Å². The highest BCUT2D eigenvalue weighted by Crippen LogP contribution is 2.26. The van der Waals surface area contributed by atoms with Gasteiger partial charge in [-0.15, -0.1) is 0 Å². The number of benzene rings is 2. The van der Waals surface area contributed by atoms with Crippen LogP contribution in [0.15, 0.2) is 46.9 Å². The zero-order valence-corrected chi connectivity index (χ0v) is 10.4. The largest absolute Gasteiger partial charge is 0.457 e. The number of hydrogen-bond acceptors (Lipinski definition) is 1. The van der Waals surface area contributed by atoms with Gasteiger partial charge in [0.15, 0.2) is 0 Å². The maximum Gasteiger partial charge on any atom is 0.142 e. The topological polar surface area (TPSA) is 9.23 Å². The van der Waals surface area contributed by atoms with Gasteiger partial charge in [0.25, 0.3) is 0 Å². The summed E-state index contributed by atoms with van der Waals surface area (Å²) in [6.45, 7) is 0. The maximum absolute atomic E-state index is 12.9. The third-order valence-electron chi connectivity index (χ3n) is 1.94. The Hall–Kier alpha value is -1.06. The monoisotopic (exact) mass is 300 g/mol. The molecule has 1 nitrogen and oxygen atoms in total. The van der Waals surface area contributed by atoms with Gasteiger partial charge >= 0.3 is 0 Å². The quantitative estimate of drug-likeness (QED) is 0.755. The molecule has 4 heteroatoms. The highest BCUT2D eigenvalue weighted by Gasteiger charge is 2.02. The van der Waals surface area contributed by atoms with Gasteiger partial charge in [0.1, 0.15) is 17.3 Å². The van der Waals surface area contributed by atoms with E-state index in [1.165, 1.54) is 18.2 Å². The molecule has 0 aliphatic carbocycles. The lowest BCUT2D eigenvalue weighted by molar-refractivity contribution is 0.480. The Morgan fingerprint density at radius 3 is 2.25 bits per heavy atom. The third kappa shape index (κ3) is 2.74. The predicted molar refractivity (Wildman–Crippen MR) is 65.6 cm³/mol. The van der Waals surface area contributed by atoms with Gasteiger partial charge in [0.05, 0.1) is 5.02 Å². The molecule has 0 radical (unpaired) electrons. The Kier molecular flexibility index (Phi) is 3.46. The van der Waals surface area contributed by atoms with E-state index in [0.717, 1.165) is 4.47 Å². The van der Waals surface area contributed by atoms with Crippen LogP contribution in [-0.4, -0.2) is 0 Å². The normalized spacial score (nSPS) is 10.2. The van der Waals surface area contributed by atoms with Crippen molar-refractivity contribution in [2.45, 2.75) is 0 Å². The van der Waals surface area contributed by atoms with Crippen LogP contribution in [0.1, 0.15) is 0 Å². The smallest absolute Gasteiger partial charge is 0.142 e. The molecule has 2 aromatic rings. The number of ether oxygens (including phenoxy) is 1. The fourth-order valence-corrected chi connectivity index (χ4v) is 1.61. The maximum atomic E-state index is 12.9. The Labute approximate surface area is 106 Å². The van der Waals surface area contributed by atoms with Gasteiger partial charge in [-0.3, -0.25) is 0 Å².